The maximum absolute atomic E-state index is 14.2. The molecule has 0 atom stereocenters. The molecule has 5 nitrogen and oxygen atoms in total. The van der Waals surface area contributed by atoms with E-state index < -0.39 is 0 Å². The van der Waals surface area contributed by atoms with E-state index in [1.54, 1.807) is 11.0 Å². The van der Waals surface area contributed by atoms with E-state index in [1.807, 2.05) is 32.0 Å². The average molecular weight is 464 g/mol. The Hall–Kier alpha value is -2.06. The highest BCUT2D eigenvalue weighted by Gasteiger charge is 2.23. The van der Waals surface area contributed by atoms with Crippen LogP contribution in [0, 0.1) is 19.7 Å². The first-order valence-corrected chi connectivity index (χ1v) is 11.0. The van der Waals surface area contributed by atoms with E-state index in [2.05, 4.69) is 16.0 Å². The lowest BCUT2D eigenvalue weighted by atomic mass is 10.0. The number of morpholine rings is 1. The number of hydrogen-bond donors (Lipinski definition) is 0. The Bertz CT molecular complexity index is 1050. The van der Waals surface area contributed by atoms with E-state index in [-0.39, 0.29) is 24.1 Å². The molecule has 1 aromatic heterocycles. The van der Waals surface area contributed by atoms with Gasteiger partial charge >= 0.3 is 0 Å². The van der Waals surface area contributed by atoms with Crippen LogP contribution in [0.15, 0.2) is 36.4 Å². The van der Waals surface area contributed by atoms with Crippen LogP contribution in [-0.4, -0.2) is 55.2 Å². The predicted molar refractivity (Wildman–Crippen MR) is 126 cm³/mol. The zero-order chi connectivity index (χ0) is 21.1. The molecule has 1 amide bonds. The summed E-state index contributed by atoms with van der Waals surface area (Å²) >= 11 is 1.36. The third kappa shape index (κ3) is 5.60. The van der Waals surface area contributed by atoms with Crippen LogP contribution in [0.2, 0.25) is 0 Å². The number of anilines is 1. The van der Waals surface area contributed by atoms with Crippen molar-refractivity contribution >= 4 is 45.0 Å². The van der Waals surface area contributed by atoms with Crippen molar-refractivity contribution in [1.82, 2.24) is 9.88 Å². The van der Waals surface area contributed by atoms with Gasteiger partial charge in [0.2, 0.25) is 5.91 Å². The zero-order valence-corrected chi connectivity index (χ0v) is 19.4. The number of fused-ring (bicyclic) bond motifs is 1. The van der Waals surface area contributed by atoms with Crippen LogP contribution >= 0.6 is 23.7 Å². The lowest BCUT2D eigenvalue weighted by molar-refractivity contribution is -0.118. The Kier molecular flexibility index (Phi) is 8.00. The second-order valence-electron chi connectivity index (χ2n) is 7.69. The van der Waals surface area contributed by atoms with Crippen LogP contribution in [0.1, 0.15) is 16.7 Å². The Labute approximate surface area is 192 Å². The van der Waals surface area contributed by atoms with E-state index in [4.69, 9.17) is 4.74 Å². The minimum Gasteiger partial charge on any atom is -0.379 e. The lowest BCUT2D eigenvalue weighted by Gasteiger charge is -2.29. The van der Waals surface area contributed by atoms with Crippen LogP contribution in [0.5, 0.6) is 0 Å². The summed E-state index contributed by atoms with van der Waals surface area (Å²) in [5.41, 5.74) is 3.61. The third-order valence-corrected chi connectivity index (χ3v) is 6.52. The number of aromatic nitrogens is 1. The van der Waals surface area contributed by atoms with Crippen molar-refractivity contribution in [2.24, 2.45) is 0 Å². The van der Waals surface area contributed by atoms with E-state index in [0.717, 1.165) is 35.5 Å². The molecule has 2 aromatic carbocycles. The highest BCUT2D eigenvalue weighted by atomic mass is 35.5. The standard InChI is InChI=1S/C23H26FN3O2S.ClH/c1-16-6-7-18(17(2)14-16)15-21(28)27(9-8-26-10-12-29-13-11-26)23-25-22-19(24)4-3-5-20(22)30-23;/h3-7,14H,8-13,15H2,1-2H3;1H. The highest BCUT2D eigenvalue weighted by molar-refractivity contribution is 7.22. The lowest BCUT2D eigenvalue weighted by Crippen LogP contribution is -2.43. The average Bonchev–Trinajstić information content (AvgIpc) is 3.16. The number of amides is 1. The first-order chi connectivity index (χ1) is 14.5. The maximum atomic E-state index is 14.2. The van der Waals surface area contributed by atoms with Crippen LogP contribution in [0.3, 0.4) is 0 Å². The van der Waals surface area contributed by atoms with E-state index in [1.165, 1.54) is 23.0 Å². The van der Waals surface area contributed by atoms with Gasteiger partial charge in [-0.05, 0) is 37.1 Å². The molecule has 1 fully saturated rings. The monoisotopic (exact) mass is 463 g/mol. The van der Waals surface area contributed by atoms with E-state index in [0.29, 0.717) is 36.8 Å². The summed E-state index contributed by atoms with van der Waals surface area (Å²) in [6, 6.07) is 11.1. The van der Waals surface area contributed by atoms with Gasteiger partial charge in [0.1, 0.15) is 11.3 Å². The van der Waals surface area contributed by atoms with Crippen LogP contribution in [0.4, 0.5) is 9.52 Å². The van der Waals surface area contributed by atoms with E-state index >= 15 is 0 Å². The highest BCUT2D eigenvalue weighted by Crippen LogP contribution is 2.30. The molecule has 166 valence electrons. The fourth-order valence-corrected chi connectivity index (χ4v) is 4.74. The summed E-state index contributed by atoms with van der Waals surface area (Å²) in [5.74, 6) is -0.375. The van der Waals surface area contributed by atoms with Crippen LogP contribution in [-0.2, 0) is 16.0 Å². The van der Waals surface area contributed by atoms with Gasteiger partial charge in [-0.25, -0.2) is 9.37 Å². The molecule has 3 aromatic rings. The summed E-state index contributed by atoms with van der Waals surface area (Å²) < 4.78 is 20.4. The summed E-state index contributed by atoms with van der Waals surface area (Å²) in [6.45, 7) is 8.46. The van der Waals surface area contributed by atoms with Crippen LogP contribution in [0.25, 0.3) is 10.2 Å². The molecular weight excluding hydrogens is 437 g/mol. The van der Waals surface area contributed by atoms with Gasteiger partial charge in [0, 0.05) is 26.2 Å². The van der Waals surface area contributed by atoms with Gasteiger partial charge in [-0.15, -0.1) is 12.4 Å². The molecule has 1 aliphatic heterocycles. The van der Waals surface area contributed by atoms with Crippen molar-refractivity contribution < 1.29 is 13.9 Å². The molecule has 4 rings (SSSR count). The number of ether oxygens (including phenoxy) is 1. The van der Waals surface area contributed by atoms with E-state index in [9.17, 15) is 9.18 Å². The second kappa shape index (κ2) is 10.5. The first kappa shape index (κ1) is 23.6. The molecule has 31 heavy (non-hydrogen) atoms. The number of para-hydroxylation sites is 1. The number of carbonyl (C=O) groups is 1. The zero-order valence-electron chi connectivity index (χ0n) is 17.8. The van der Waals surface area contributed by atoms with Gasteiger partial charge in [0.05, 0.1) is 24.3 Å². The number of thiazole rings is 1. The normalized spacial score (nSPS) is 14.4. The van der Waals surface area contributed by atoms with Gasteiger partial charge in [-0.3, -0.25) is 14.6 Å². The number of hydrogen-bond acceptors (Lipinski definition) is 5. The minimum atomic E-state index is -0.357. The summed E-state index contributed by atoms with van der Waals surface area (Å²) in [6.07, 6.45) is 0.299. The summed E-state index contributed by atoms with van der Waals surface area (Å²) in [4.78, 5) is 21.8. The maximum Gasteiger partial charge on any atom is 0.233 e. The SMILES string of the molecule is Cc1ccc(CC(=O)N(CCN2CCOCC2)c2nc3c(F)cccc3s2)c(C)c1.Cl. The molecule has 1 saturated heterocycles. The molecule has 2 heterocycles. The van der Waals surface area contributed by atoms with Crippen molar-refractivity contribution in [3.8, 4) is 0 Å². The molecule has 0 radical (unpaired) electrons. The minimum absolute atomic E-state index is 0. The van der Waals surface area contributed by atoms with Crippen molar-refractivity contribution in [2.45, 2.75) is 20.3 Å². The Morgan fingerprint density at radius 3 is 2.71 bits per heavy atom. The van der Waals surface area contributed by atoms with Gasteiger partial charge in [-0.1, -0.05) is 41.2 Å². The molecule has 1 aliphatic rings. The second-order valence-corrected chi connectivity index (χ2v) is 8.70. The Morgan fingerprint density at radius 2 is 2.00 bits per heavy atom. The first-order valence-electron chi connectivity index (χ1n) is 10.2. The Morgan fingerprint density at radius 1 is 1.23 bits per heavy atom. The number of nitrogens with zero attached hydrogens (tertiary/aromatic N) is 3. The Balaban J connectivity index is 0.00000272. The molecule has 0 aliphatic carbocycles. The molecule has 0 bridgehead atoms. The van der Waals surface area contributed by atoms with Gasteiger partial charge in [-0.2, -0.15) is 0 Å². The number of carbonyl (C=O) groups excluding carboxylic acids is 1. The molecule has 0 unspecified atom stereocenters. The molecule has 8 heteroatoms. The molecule has 0 saturated carbocycles. The smallest absolute Gasteiger partial charge is 0.233 e. The quantitative estimate of drug-likeness (QED) is 0.544. The van der Waals surface area contributed by atoms with Crippen molar-refractivity contribution in [2.75, 3.05) is 44.3 Å². The fraction of sp³-hybridized carbons (Fsp3) is 0.391. The van der Waals surface area contributed by atoms with Crippen molar-refractivity contribution in [3.63, 3.8) is 0 Å². The summed E-state index contributed by atoms with van der Waals surface area (Å²) in [7, 11) is 0. The van der Waals surface area contributed by atoms with Gasteiger partial charge in [0.25, 0.3) is 0 Å². The third-order valence-electron chi connectivity index (χ3n) is 5.47. The number of halogens is 2. The van der Waals surface area contributed by atoms with Gasteiger partial charge < -0.3 is 4.74 Å². The largest absolute Gasteiger partial charge is 0.379 e. The predicted octanol–water partition coefficient (Wildman–Crippen LogP) is 4.38. The molecule has 0 N–H and O–H groups in total. The number of rotatable bonds is 6. The number of aryl methyl sites for hydroxylation is 2. The molecule has 0 spiro atoms. The van der Waals surface area contributed by atoms with Gasteiger partial charge in [0.15, 0.2) is 5.13 Å². The van der Waals surface area contributed by atoms with Crippen molar-refractivity contribution in [1.29, 1.82) is 0 Å². The van der Waals surface area contributed by atoms with Crippen LogP contribution < -0.4 is 4.90 Å². The fourth-order valence-electron chi connectivity index (χ4n) is 3.71. The topological polar surface area (TPSA) is 45.7 Å². The summed E-state index contributed by atoms with van der Waals surface area (Å²) in [5, 5.41) is 0.554. The number of benzene rings is 2. The van der Waals surface area contributed by atoms with Crippen molar-refractivity contribution in [3.05, 3.63) is 58.9 Å². The molecular formula is C23H27ClFN3O2S.